The van der Waals surface area contributed by atoms with Crippen molar-refractivity contribution < 1.29 is 26.9 Å². The van der Waals surface area contributed by atoms with Gasteiger partial charge in [-0.1, -0.05) is 39.0 Å². The molecule has 5 nitrogen and oxygen atoms in total. The van der Waals surface area contributed by atoms with E-state index in [-0.39, 0.29) is 36.2 Å². The molecule has 1 heterocycles. The van der Waals surface area contributed by atoms with Gasteiger partial charge in [-0.3, -0.25) is 9.59 Å². The van der Waals surface area contributed by atoms with Gasteiger partial charge in [-0.05, 0) is 62.9 Å². The van der Waals surface area contributed by atoms with Crippen molar-refractivity contribution in [3.05, 3.63) is 23.8 Å². The van der Waals surface area contributed by atoms with Gasteiger partial charge in [0.05, 0.1) is 17.9 Å². The van der Waals surface area contributed by atoms with Crippen molar-refractivity contribution in [2.24, 2.45) is 29.1 Å². The molecule has 2 aliphatic carbocycles. The van der Waals surface area contributed by atoms with Crippen molar-refractivity contribution in [3.63, 3.8) is 0 Å². The summed E-state index contributed by atoms with van der Waals surface area (Å²) in [5.74, 6) is -0.281. The molecule has 1 N–H and O–H groups in total. The van der Waals surface area contributed by atoms with E-state index in [1.165, 1.54) is 5.57 Å². The number of carbonyl (C=O) groups is 2. The molecule has 0 bridgehead atoms. The largest absolute Gasteiger partial charge is 0.462 e. The molecule has 30 heavy (non-hydrogen) atoms. The fourth-order valence-corrected chi connectivity index (χ4v) is 4.88. The number of aliphatic hydroxyl groups is 1. The first-order chi connectivity index (χ1) is 15.4. The maximum Gasteiger partial charge on any atom is 0.311 e. The number of esters is 2. The molecule has 1 fully saturated rings. The van der Waals surface area contributed by atoms with Crippen LogP contribution in [0.4, 0.5) is 0 Å². The lowest BCUT2D eigenvalue weighted by Gasteiger charge is -2.44. The first kappa shape index (κ1) is 19.1. The van der Waals surface area contributed by atoms with Gasteiger partial charge in [0, 0.05) is 15.1 Å². The summed E-state index contributed by atoms with van der Waals surface area (Å²) >= 11 is 0. The lowest BCUT2D eigenvalue weighted by Crippen LogP contribution is -2.43. The quantitative estimate of drug-likeness (QED) is 0.609. The second kappa shape index (κ2) is 9.25. The first-order valence-corrected chi connectivity index (χ1v) is 11.3. The summed E-state index contributed by atoms with van der Waals surface area (Å²) in [5, 5.41) is 4.52. The van der Waals surface area contributed by atoms with Crippen LogP contribution < -0.4 is 0 Å². The molecule has 0 radical (unpaired) electrons. The average molecular weight is 422 g/mol. The Bertz CT molecular complexity index is 806. The molecule has 0 aromatic rings. The number of carbonyl (C=O) groups excluding carboxylic acids is 2. The number of fused-ring (bicyclic) bond motifs is 1. The van der Waals surface area contributed by atoms with E-state index in [2.05, 4.69) is 37.2 Å². The standard InChI is InChI=1S/C25H38O5/c1-6-25(4,5)24(28)30-21-12-15(2)11-17-8-7-16(3)20(23(17)21)10-9-19-13-18(26)14-22(27)29-19/h7-8,11,15-16,18-21,23,26H,6,9-10,12-14H2,1-5H3/t15-,16-,18+,19?,20-,21-,23-/m0/s1/i14D2,26D. The zero-order valence-electron chi connectivity index (χ0n) is 21.9. The molecule has 0 spiro atoms. The lowest BCUT2D eigenvalue weighted by molar-refractivity contribution is -0.166. The van der Waals surface area contributed by atoms with Crippen molar-refractivity contribution in [1.82, 2.24) is 0 Å². The summed E-state index contributed by atoms with van der Waals surface area (Å²) in [6.45, 7) is 10.1. The average Bonchev–Trinajstić information content (AvgIpc) is 2.75. The Morgan fingerprint density at radius 3 is 2.83 bits per heavy atom. The summed E-state index contributed by atoms with van der Waals surface area (Å²) < 4.78 is 34.3. The lowest BCUT2D eigenvalue weighted by atomic mass is 9.65. The number of rotatable bonds is 7. The molecular formula is C25H38O5. The maximum absolute atomic E-state index is 12.9. The Morgan fingerprint density at radius 2 is 2.13 bits per heavy atom. The van der Waals surface area contributed by atoms with Crippen LogP contribution in [0.2, 0.25) is 0 Å². The van der Waals surface area contributed by atoms with Gasteiger partial charge in [0.25, 0.3) is 0 Å². The van der Waals surface area contributed by atoms with Crippen LogP contribution in [-0.2, 0) is 19.1 Å². The molecule has 0 aromatic heterocycles. The van der Waals surface area contributed by atoms with Crippen LogP contribution in [0.3, 0.4) is 0 Å². The van der Waals surface area contributed by atoms with E-state index in [0.29, 0.717) is 18.8 Å². The van der Waals surface area contributed by atoms with E-state index in [0.717, 1.165) is 12.8 Å². The van der Waals surface area contributed by atoms with Crippen LogP contribution in [0, 0.1) is 29.1 Å². The van der Waals surface area contributed by atoms with E-state index >= 15 is 0 Å². The molecule has 1 saturated heterocycles. The molecule has 168 valence electrons. The predicted molar refractivity (Wildman–Crippen MR) is 115 cm³/mol. The third kappa shape index (κ3) is 5.16. The molecular weight excluding hydrogens is 380 g/mol. The zero-order valence-corrected chi connectivity index (χ0v) is 18.9. The third-order valence-corrected chi connectivity index (χ3v) is 7.14. The summed E-state index contributed by atoms with van der Waals surface area (Å²) in [6, 6.07) is 0. The van der Waals surface area contributed by atoms with Gasteiger partial charge >= 0.3 is 11.9 Å². The molecule has 1 unspecified atom stereocenters. The van der Waals surface area contributed by atoms with Gasteiger partial charge in [0.1, 0.15) is 12.2 Å². The van der Waals surface area contributed by atoms with E-state index in [1.54, 1.807) is 0 Å². The first-order valence-electron chi connectivity index (χ1n) is 12.8. The van der Waals surface area contributed by atoms with E-state index in [4.69, 9.17) is 13.6 Å². The van der Waals surface area contributed by atoms with E-state index in [9.17, 15) is 9.59 Å². The number of cyclic esters (lactones) is 1. The van der Waals surface area contributed by atoms with Crippen LogP contribution in [0.5, 0.6) is 0 Å². The number of ether oxygens (including phenoxy) is 2. The third-order valence-electron chi connectivity index (χ3n) is 7.14. The second-order valence-electron chi connectivity index (χ2n) is 9.94. The topological polar surface area (TPSA) is 72.8 Å². The van der Waals surface area contributed by atoms with E-state index < -0.39 is 30.0 Å². The predicted octanol–water partition coefficient (Wildman–Crippen LogP) is 4.59. The Labute approximate surface area is 185 Å². The second-order valence-corrected chi connectivity index (χ2v) is 9.94. The van der Waals surface area contributed by atoms with Crippen LogP contribution in [-0.4, -0.2) is 36.8 Å². The minimum absolute atomic E-state index is 0.0757. The molecule has 5 heteroatoms. The molecule has 3 rings (SSSR count). The molecule has 1 aliphatic heterocycles. The fraction of sp³-hybridized carbons (Fsp3) is 0.760. The SMILES string of the molecule is [2H]O[C@@H]1CC(CC[C@@H]2[C@@H]3C(=C[C@H](C)C[C@@H]3OC(=O)C(C)(C)CC)C=C[C@@H]2C)OC(=O)C1([2H])[2H]. The highest BCUT2D eigenvalue weighted by molar-refractivity contribution is 5.76. The van der Waals surface area contributed by atoms with Gasteiger partial charge in [-0.25, -0.2) is 0 Å². The molecule has 0 aromatic carbocycles. The monoisotopic (exact) mass is 421 g/mol. The van der Waals surface area contributed by atoms with Gasteiger partial charge in [-0.2, -0.15) is 0 Å². The minimum atomic E-state index is -2.31. The number of allylic oxidation sites excluding steroid dienone is 3. The minimum Gasteiger partial charge on any atom is -0.462 e. The van der Waals surface area contributed by atoms with E-state index in [1.807, 2.05) is 20.8 Å². The highest BCUT2D eigenvalue weighted by atomic mass is 16.6. The van der Waals surface area contributed by atoms with Crippen molar-refractivity contribution in [3.8, 4) is 0 Å². The van der Waals surface area contributed by atoms with Gasteiger partial charge in [0.15, 0.2) is 0 Å². The summed E-state index contributed by atoms with van der Waals surface area (Å²) in [7, 11) is 0. The molecule has 0 amide bonds. The Morgan fingerprint density at radius 1 is 1.37 bits per heavy atom. The van der Waals surface area contributed by atoms with Crippen LogP contribution in [0.1, 0.15) is 75.8 Å². The van der Waals surface area contributed by atoms with Crippen molar-refractivity contribution in [2.45, 2.75) is 91.4 Å². The van der Waals surface area contributed by atoms with Crippen LogP contribution in [0.15, 0.2) is 23.8 Å². The maximum atomic E-state index is 12.9. The smallest absolute Gasteiger partial charge is 0.311 e. The van der Waals surface area contributed by atoms with Crippen molar-refractivity contribution >= 4 is 11.9 Å². The van der Waals surface area contributed by atoms with Gasteiger partial charge < -0.3 is 14.6 Å². The molecule has 7 atom stereocenters. The van der Waals surface area contributed by atoms with Crippen LogP contribution in [0.25, 0.3) is 0 Å². The Balaban J connectivity index is 1.76. The van der Waals surface area contributed by atoms with Crippen LogP contribution >= 0.6 is 0 Å². The highest BCUT2D eigenvalue weighted by Gasteiger charge is 2.43. The summed E-state index contributed by atoms with van der Waals surface area (Å²) in [4.78, 5) is 25.1. The number of hydrogen-bond acceptors (Lipinski definition) is 5. The molecule has 0 saturated carbocycles. The van der Waals surface area contributed by atoms with Gasteiger partial charge in [-0.15, -0.1) is 0 Å². The highest BCUT2D eigenvalue weighted by Crippen LogP contribution is 2.45. The summed E-state index contributed by atoms with van der Waals surface area (Å²) in [6.07, 6.45) is 5.42. The normalized spacial score (nSPS) is 39.6. The number of aliphatic hydroxyl groups excluding tert-OH is 1. The number of hydrogen-bond donors (Lipinski definition) is 1. The van der Waals surface area contributed by atoms with Crippen molar-refractivity contribution in [2.75, 3.05) is 0 Å². The fourth-order valence-electron chi connectivity index (χ4n) is 4.88. The zero-order chi connectivity index (χ0) is 24.6. The Hall–Kier alpha value is -1.62. The summed E-state index contributed by atoms with van der Waals surface area (Å²) in [5.41, 5.74) is 0.671. The van der Waals surface area contributed by atoms with Crippen molar-refractivity contribution in [1.29, 1.82) is 1.43 Å². The Kier molecular flexibility index (Phi) is 5.89. The van der Waals surface area contributed by atoms with Gasteiger partial charge in [0.2, 0.25) is 1.43 Å². The molecule has 3 aliphatic rings.